The number of nitriles is 1. The minimum atomic E-state index is -3.94. The predicted octanol–water partition coefficient (Wildman–Crippen LogP) is 3.04. The maximum absolute atomic E-state index is 13.0. The van der Waals surface area contributed by atoms with Gasteiger partial charge in [0.15, 0.2) is 5.65 Å². The molecule has 12 heteroatoms. The molecule has 0 amide bonds. The zero-order valence-corrected chi connectivity index (χ0v) is 16.7. The van der Waals surface area contributed by atoms with Crippen molar-refractivity contribution in [3.05, 3.63) is 71.3 Å². The first-order valence-corrected chi connectivity index (χ1v) is 10.5. The van der Waals surface area contributed by atoms with E-state index in [1.54, 1.807) is 24.4 Å². The Morgan fingerprint density at radius 1 is 1.19 bits per heavy atom. The molecule has 0 spiro atoms. The molecule has 0 aliphatic carbocycles. The molecule has 4 aromatic rings. The lowest BCUT2D eigenvalue weighted by Gasteiger charge is -2.09. The van der Waals surface area contributed by atoms with E-state index in [-0.39, 0.29) is 33.7 Å². The normalized spacial score (nSPS) is 11.3. The maximum atomic E-state index is 13.0. The molecule has 156 valence electrons. The van der Waals surface area contributed by atoms with E-state index >= 15 is 0 Å². The highest BCUT2D eigenvalue weighted by Crippen LogP contribution is 2.35. The molecule has 0 saturated carbocycles. The number of aromatic nitrogens is 4. The van der Waals surface area contributed by atoms with Gasteiger partial charge in [0, 0.05) is 12.4 Å². The van der Waals surface area contributed by atoms with Crippen LogP contribution in [0.2, 0.25) is 0 Å². The number of benzene rings is 1. The lowest BCUT2D eigenvalue weighted by atomic mass is 10.2. The van der Waals surface area contributed by atoms with Gasteiger partial charge in [0.2, 0.25) is 0 Å². The van der Waals surface area contributed by atoms with Gasteiger partial charge in [-0.25, -0.2) is 17.4 Å². The Labute approximate surface area is 176 Å². The fourth-order valence-corrected chi connectivity index (χ4v) is 4.40. The van der Waals surface area contributed by atoms with Crippen LogP contribution < -0.4 is 5.32 Å². The van der Waals surface area contributed by atoms with E-state index in [9.17, 15) is 18.5 Å². The van der Waals surface area contributed by atoms with Crippen LogP contribution in [0.15, 0.2) is 66.1 Å². The SMILES string of the molecule is N#CCCn1cc(Nc2c([N+](=O)[O-])cnc3c2ccn3S(=O)(=O)c2ccccc2)cn1. The molecule has 4 rings (SSSR count). The van der Waals surface area contributed by atoms with Crippen LogP contribution in [-0.2, 0) is 16.6 Å². The lowest BCUT2D eigenvalue weighted by Crippen LogP contribution is -2.12. The number of pyridine rings is 1. The fourth-order valence-electron chi connectivity index (χ4n) is 3.08. The molecule has 0 aliphatic rings. The Bertz CT molecular complexity index is 1420. The van der Waals surface area contributed by atoms with E-state index in [1.807, 2.05) is 6.07 Å². The van der Waals surface area contributed by atoms with Crippen molar-refractivity contribution < 1.29 is 13.3 Å². The number of nitrogens with zero attached hydrogens (tertiary/aromatic N) is 6. The monoisotopic (exact) mass is 437 g/mol. The summed E-state index contributed by atoms with van der Waals surface area (Å²) in [5.41, 5.74) is 0.282. The van der Waals surface area contributed by atoms with Crippen LogP contribution in [0.3, 0.4) is 0 Å². The Hall–Kier alpha value is -4.24. The topological polar surface area (TPSA) is 149 Å². The summed E-state index contributed by atoms with van der Waals surface area (Å²) in [7, 11) is -3.94. The van der Waals surface area contributed by atoms with Crippen molar-refractivity contribution in [2.24, 2.45) is 0 Å². The van der Waals surface area contributed by atoms with Crippen LogP contribution in [0.5, 0.6) is 0 Å². The molecule has 1 N–H and O–H groups in total. The molecule has 0 bridgehead atoms. The Morgan fingerprint density at radius 3 is 2.68 bits per heavy atom. The van der Waals surface area contributed by atoms with E-state index in [2.05, 4.69) is 15.4 Å². The van der Waals surface area contributed by atoms with Crippen molar-refractivity contribution in [3.63, 3.8) is 0 Å². The van der Waals surface area contributed by atoms with Crippen molar-refractivity contribution in [3.8, 4) is 6.07 Å². The minimum Gasteiger partial charge on any atom is -0.347 e. The van der Waals surface area contributed by atoms with Crippen LogP contribution in [0, 0.1) is 21.4 Å². The third-order valence-corrected chi connectivity index (χ3v) is 6.19. The molecule has 0 atom stereocenters. The molecule has 3 heterocycles. The van der Waals surface area contributed by atoms with Gasteiger partial charge in [0.25, 0.3) is 10.0 Å². The second kappa shape index (κ2) is 7.88. The zero-order chi connectivity index (χ0) is 22.0. The van der Waals surface area contributed by atoms with E-state index in [0.717, 1.165) is 10.2 Å². The van der Waals surface area contributed by atoms with Gasteiger partial charge in [-0.15, -0.1) is 0 Å². The highest BCUT2D eigenvalue weighted by atomic mass is 32.2. The number of anilines is 2. The summed E-state index contributed by atoms with van der Waals surface area (Å²) in [5.74, 6) is 0. The summed E-state index contributed by atoms with van der Waals surface area (Å²) in [5, 5.41) is 27.6. The number of hydrogen-bond donors (Lipinski definition) is 1. The van der Waals surface area contributed by atoms with Crippen LogP contribution in [-0.4, -0.2) is 32.1 Å². The van der Waals surface area contributed by atoms with E-state index in [4.69, 9.17) is 5.26 Å². The van der Waals surface area contributed by atoms with Gasteiger partial charge >= 0.3 is 5.69 Å². The van der Waals surface area contributed by atoms with Crippen LogP contribution in [0.4, 0.5) is 17.1 Å². The molecule has 3 aromatic heterocycles. The quantitative estimate of drug-likeness (QED) is 0.342. The minimum absolute atomic E-state index is 0.0498. The van der Waals surface area contributed by atoms with Gasteiger partial charge in [-0.1, -0.05) is 18.2 Å². The second-order valence-corrected chi connectivity index (χ2v) is 8.28. The summed E-state index contributed by atoms with van der Waals surface area (Å²) in [6.07, 6.45) is 5.66. The standard InChI is InChI=1S/C19H15N7O4S/c20-8-4-9-24-13-14(11-22-24)23-18-16-7-10-25(19(16)21-12-17(18)26(27)28)31(29,30)15-5-2-1-3-6-15/h1-3,5-7,10-13H,4,9H2,(H,21,23). The maximum Gasteiger partial charge on any atom is 0.311 e. The van der Waals surface area contributed by atoms with Crippen molar-refractivity contribution >= 4 is 38.1 Å². The fraction of sp³-hybridized carbons (Fsp3) is 0.105. The lowest BCUT2D eigenvalue weighted by molar-refractivity contribution is -0.384. The largest absolute Gasteiger partial charge is 0.347 e. The summed E-state index contributed by atoms with van der Waals surface area (Å²) in [6.45, 7) is 0.373. The highest BCUT2D eigenvalue weighted by Gasteiger charge is 2.25. The smallest absolute Gasteiger partial charge is 0.311 e. The van der Waals surface area contributed by atoms with E-state index < -0.39 is 14.9 Å². The molecular weight excluding hydrogens is 422 g/mol. The van der Waals surface area contributed by atoms with Gasteiger partial charge < -0.3 is 5.32 Å². The molecule has 1 aromatic carbocycles. The Kier molecular flexibility index (Phi) is 5.10. The average Bonchev–Trinajstić information content (AvgIpc) is 3.40. The van der Waals surface area contributed by atoms with E-state index in [0.29, 0.717) is 12.2 Å². The number of nitro groups is 1. The summed E-state index contributed by atoms with van der Waals surface area (Å²) in [6, 6.07) is 11.3. The Balaban J connectivity index is 1.81. The number of rotatable bonds is 7. The van der Waals surface area contributed by atoms with Crippen LogP contribution >= 0.6 is 0 Å². The third-order valence-electron chi connectivity index (χ3n) is 4.51. The van der Waals surface area contributed by atoms with Gasteiger partial charge in [0.05, 0.1) is 46.1 Å². The first kappa shape index (κ1) is 20.0. The first-order chi connectivity index (χ1) is 14.9. The molecule has 0 unspecified atom stereocenters. The summed E-state index contributed by atoms with van der Waals surface area (Å²) in [4.78, 5) is 15.1. The summed E-state index contributed by atoms with van der Waals surface area (Å²) < 4.78 is 28.6. The average molecular weight is 437 g/mol. The van der Waals surface area contributed by atoms with Crippen molar-refractivity contribution in [1.29, 1.82) is 5.26 Å². The number of hydrogen-bond acceptors (Lipinski definition) is 8. The van der Waals surface area contributed by atoms with Gasteiger partial charge in [-0.3, -0.25) is 14.8 Å². The molecular formula is C19H15N7O4S. The second-order valence-electron chi connectivity index (χ2n) is 6.47. The molecule has 0 aliphatic heterocycles. The van der Waals surface area contributed by atoms with E-state index in [1.165, 1.54) is 35.3 Å². The van der Waals surface area contributed by atoms with Gasteiger partial charge in [-0.05, 0) is 18.2 Å². The van der Waals surface area contributed by atoms with Crippen molar-refractivity contribution in [2.75, 3.05) is 5.32 Å². The molecule has 11 nitrogen and oxygen atoms in total. The molecule has 0 radical (unpaired) electrons. The van der Waals surface area contributed by atoms with Gasteiger partial charge in [-0.2, -0.15) is 10.4 Å². The first-order valence-electron chi connectivity index (χ1n) is 9.03. The zero-order valence-electron chi connectivity index (χ0n) is 15.9. The van der Waals surface area contributed by atoms with Gasteiger partial charge in [0.1, 0.15) is 11.9 Å². The highest BCUT2D eigenvalue weighted by molar-refractivity contribution is 7.90. The third kappa shape index (κ3) is 3.69. The number of fused-ring (bicyclic) bond motifs is 1. The number of nitrogens with one attached hydrogen (secondary N) is 1. The van der Waals surface area contributed by atoms with Crippen molar-refractivity contribution in [1.82, 2.24) is 18.7 Å². The van der Waals surface area contributed by atoms with Crippen molar-refractivity contribution in [2.45, 2.75) is 17.9 Å². The summed E-state index contributed by atoms with van der Waals surface area (Å²) >= 11 is 0. The van der Waals surface area contributed by atoms with Crippen LogP contribution in [0.25, 0.3) is 11.0 Å². The molecule has 0 saturated heterocycles. The molecule has 31 heavy (non-hydrogen) atoms. The molecule has 0 fully saturated rings. The number of aryl methyl sites for hydroxylation is 1. The predicted molar refractivity (Wildman–Crippen MR) is 111 cm³/mol. The Morgan fingerprint density at radius 2 is 1.97 bits per heavy atom. The van der Waals surface area contributed by atoms with Crippen LogP contribution in [0.1, 0.15) is 6.42 Å².